The van der Waals surface area contributed by atoms with Gasteiger partial charge in [0.15, 0.2) is 6.73 Å². The van der Waals surface area contributed by atoms with Crippen molar-refractivity contribution >= 4 is 28.9 Å². The molecule has 1 atom stereocenters. The van der Waals surface area contributed by atoms with Gasteiger partial charge in [0, 0.05) is 6.42 Å². The Kier molecular flexibility index (Phi) is 3.29. The lowest BCUT2D eigenvalue weighted by Crippen LogP contribution is -2.37. The zero-order chi connectivity index (χ0) is 10.7. The van der Waals surface area contributed by atoms with Crippen molar-refractivity contribution in [3.05, 3.63) is 0 Å². The highest BCUT2D eigenvalue weighted by atomic mass is 35.5. The molecule has 0 bridgehead atoms. The number of nitrogens with zero attached hydrogens (tertiary/aromatic N) is 1. The first-order valence-electron chi connectivity index (χ1n) is 3.87. The number of cyclic esters (lactones) is 1. The molecule has 7 heteroatoms. The standard InChI is InChI=1S/C7H8ClNO5/c8-5(10)2-1-4-6(11)14-3-9(4)7(12)13/h4H,1-3H2,(H,12,13)/t4-/m0/s1. The maximum absolute atomic E-state index is 11.0. The molecule has 1 aliphatic rings. The second-order valence-corrected chi connectivity index (χ2v) is 3.18. The highest BCUT2D eigenvalue weighted by molar-refractivity contribution is 6.63. The van der Waals surface area contributed by atoms with Gasteiger partial charge < -0.3 is 9.84 Å². The summed E-state index contributed by atoms with van der Waals surface area (Å²) >= 11 is 5.07. The zero-order valence-electron chi connectivity index (χ0n) is 7.10. The SMILES string of the molecule is O=C(Cl)CC[C@H]1C(=O)OCN1C(=O)O. The molecule has 0 aromatic carbocycles. The number of hydrogen-bond donors (Lipinski definition) is 1. The molecule has 1 N–H and O–H groups in total. The molecule has 0 spiro atoms. The van der Waals surface area contributed by atoms with Crippen molar-refractivity contribution in [3.8, 4) is 0 Å². The van der Waals surface area contributed by atoms with E-state index in [0.717, 1.165) is 4.90 Å². The summed E-state index contributed by atoms with van der Waals surface area (Å²) in [5, 5.41) is 8.04. The fraction of sp³-hybridized carbons (Fsp3) is 0.571. The van der Waals surface area contributed by atoms with Crippen LogP contribution in [0.4, 0.5) is 4.79 Å². The topological polar surface area (TPSA) is 83.9 Å². The largest absolute Gasteiger partial charge is 0.465 e. The minimum Gasteiger partial charge on any atom is -0.465 e. The minimum absolute atomic E-state index is 0.0505. The smallest absolute Gasteiger partial charge is 0.410 e. The number of hydrogen-bond acceptors (Lipinski definition) is 4. The highest BCUT2D eigenvalue weighted by Gasteiger charge is 2.37. The molecule has 14 heavy (non-hydrogen) atoms. The fourth-order valence-electron chi connectivity index (χ4n) is 1.16. The van der Waals surface area contributed by atoms with Crippen LogP contribution in [-0.2, 0) is 14.3 Å². The first kappa shape index (κ1) is 10.8. The Bertz CT molecular complexity index is 279. The van der Waals surface area contributed by atoms with E-state index in [0.29, 0.717) is 0 Å². The maximum atomic E-state index is 11.0. The molecule has 0 radical (unpaired) electrons. The lowest BCUT2D eigenvalue weighted by Gasteiger charge is -2.14. The van der Waals surface area contributed by atoms with E-state index in [4.69, 9.17) is 16.7 Å². The predicted octanol–water partition coefficient (Wildman–Crippen LogP) is 0.395. The number of ether oxygens (including phenoxy) is 1. The van der Waals surface area contributed by atoms with Crippen LogP contribution in [0, 0.1) is 0 Å². The van der Waals surface area contributed by atoms with E-state index in [-0.39, 0.29) is 19.6 Å². The van der Waals surface area contributed by atoms with E-state index >= 15 is 0 Å². The van der Waals surface area contributed by atoms with Crippen LogP contribution in [0.3, 0.4) is 0 Å². The lowest BCUT2D eigenvalue weighted by molar-refractivity contribution is -0.139. The minimum atomic E-state index is -1.25. The average Bonchev–Trinajstić information content (AvgIpc) is 2.43. The van der Waals surface area contributed by atoms with Gasteiger partial charge in [0.05, 0.1) is 0 Å². The molecule has 1 heterocycles. The Labute approximate surface area is 84.4 Å². The van der Waals surface area contributed by atoms with E-state index in [1.807, 2.05) is 0 Å². The summed E-state index contributed by atoms with van der Waals surface area (Å²) in [6, 6.07) is -0.907. The molecule has 6 nitrogen and oxygen atoms in total. The first-order valence-corrected chi connectivity index (χ1v) is 4.24. The van der Waals surface area contributed by atoms with Gasteiger partial charge in [-0.25, -0.2) is 9.59 Å². The molecular weight excluding hydrogens is 214 g/mol. The monoisotopic (exact) mass is 221 g/mol. The summed E-state index contributed by atoms with van der Waals surface area (Å²) in [7, 11) is 0. The maximum Gasteiger partial charge on any atom is 0.410 e. The van der Waals surface area contributed by atoms with Crippen LogP contribution in [-0.4, -0.2) is 40.1 Å². The second-order valence-electron chi connectivity index (χ2n) is 2.75. The van der Waals surface area contributed by atoms with Crippen molar-refractivity contribution in [1.29, 1.82) is 0 Å². The zero-order valence-corrected chi connectivity index (χ0v) is 7.86. The normalized spacial score (nSPS) is 20.8. The van der Waals surface area contributed by atoms with Crippen LogP contribution in [0.1, 0.15) is 12.8 Å². The van der Waals surface area contributed by atoms with Crippen LogP contribution in [0.2, 0.25) is 0 Å². The molecule has 0 aromatic rings. The quantitative estimate of drug-likeness (QED) is 0.551. The van der Waals surface area contributed by atoms with Gasteiger partial charge >= 0.3 is 12.1 Å². The summed E-state index contributed by atoms with van der Waals surface area (Å²) in [4.78, 5) is 32.9. The third-order valence-corrected chi connectivity index (χ3v) is 2.04. The highest BCUT2D eigenvalue weighted by Crippen LogP contribution is 2.16. The first-order chi connectivity index (χ1) is 6.52. The van der Waals surface area contributed by atoms with Crippen molar-refractivity contribution in [2.75, 3.05) is 6.73 Å². The fourth-order valence-corrected chi connectivity index (χ4v) is 1.27. The molecule has 1 saturated heterocycles. The van der Waals surface area contributed by atoms with Gasteiger partial charge in [-0.15, -0.1) is 0 Å². The Morgan fingerprint density at radius 1 is 1.64 bits per heavy atom. The third kappa shape index (κ3) is 2.35. The van der Waals surface area contributed by atoms with Crippen molar-refractivity contribution in [1.82, 2.24) is 4.90 Å². The molecule has 0 saturated carbocycles. The molecule has 0 aromatic heterocycles. The molecule has 78 valence electrons. The van der Waals surface area contributed by atoms with Crippen LogP contribution >= 0.6 is 11.6 Å². The summed E-state index contributed by atoms with van der Waals surface area (Å²) < 4.78 is 4.52. The number of carboxylic acid groups (broad SMARTS) is 1. The van der Waals surface area contributed by atoms with E-state index in [1.54, 1.807) is 0 Å². The van der Waals surface area contributed by atoms with Gasteiger partial charge in [0.25, 0.3) is 0 Å². The van der Waals surface area contributed by atoms with E-state index < -0.39 is 23.3 Å². The van der Waals surface area contributed by atoms with Crippen LogP contribution in [0.5, 0.6) is 0 Å². The van der Waals surface area contributed by atoms with Crippen LogP contribution in [0.25, 0.3) is 0 Å². The molecule has 1 rings (SSSR count). The van der Waals surface area contributed by atoms with Crippen molar-refractivity contribution in [2.45, 2.75) is 18.9 Å². The van der Waals surface area contributed by atoms with Crippen molar-refractivity contribution in [3.63, 3.8) is 0 Å². The number of halogens is 1. The van der Waals surface area contributed by atoms with Crippen molar-refractivity contribution < 1.29 is 24.2 Å². The molecule has 1 aliphatic heterocycles. The number of amides is 1. The number of carbonyl (C=O) groups excluding carboxylic acids is 2. The van der Waals surface area contributed by atoms with Crippen LogP contribution in [0.15, 0.2) is 0 Å². The average molecular weight is 222 g/mol. The van der Waals surface area contributed by atoms with E-state index in [2.05, 4.69) is 4.74 Å². The van der Waals surface area contributed by atoms with Gasteiger partial charge in [-0.2, -0.15) is 0 Å². The molecular formula is C7H8ClNO5. The number of rotatable bonds is 3. The summed E-state index contributed by atoms with van der Waals surface area (Å²) in [6.07, 6.45) is -1.23. The van der Waals surface area contributed by atoms with Gasteiger partial charge in [-0.3, -0.25) is 9.69 Å². The number of esters is 1. The van der Waals surface area contributed by atoms with Gasteiger partial charge in [-0.1, -0.05) is 0 Å². The van der Waals surface area contributed by atoms with Crippen LogP contribution < -0.4 is 0 Å². The Hall–Kier alpha value is -1.30. The summed E-state index contributed by atoms with van der Waals surface area (Å²) in [5.74, 6) is -0.634. The Morgan fingerprint density at radius 3 is 2.79 bits per heavy atom. The van der Waals surface area contributed by atoms with E-state index in [1.165, 1.54) is 0 Å². The third-order valence-electron chi connectivity index (χ3n) is 1.85. The van der Waals surface area contributed by atoms with Gasteiger partial charge in [-0.05, 0) is 18.0 Å². The molecule has 0 aliphatic carbocycles. The summed E-state index contributed by atoms with van der Waals surface area (Å²) in [5.41, 5.74) is 0. The molecule has 0 unspecified atom stereocenters. The van der Waals surface area contributed by atoms with Gasteiger partial charge in [0.2, 0.25) is 5.24 Å². The summed E-state index contributed by atoms with van der Waals surface area (Å²) in [6.45, 7) is -0.282. The molecule has 1 amide bonds. The number of carbonyl (C=O) groups is 3. The predicted molar refractivity (Wildman–Crippen MR) is 44.7 cm³/mol. The second kappa shape index (κ2) is 4.28. The van der Waals surface area contributed by atoms with Gasteiger partial charge in [0.1, 0.15) is 6.04 Å². The van der Waals surface area contributed by atoms with E-state index in [9.17, 15) is 14.4 Å². The Balaban J connectivity index is 2.58. The Morgan fingerprint density at radius 2 is 2.29 bits per heavy atom. The molecule has 1 fully saturated rings. The van der Waals surface area contributed by atoms with Crippen molar-refractivity contribution in [2.24, 2.45) is 0 Å². The lowest BCUT2D eigenvalue weighted by atomic mass is 10.1.